The van der Waals surface area contributed by atoms with Gasteiger partial charge in [-0.25, -0.2) is 4.79 Å². The van der Waals surface area contributed by atoms with Gasteiger partial charge >= 0.3 is 5.91 Å². The number of likely N-dealkylation sites (N-methyl/N-ethyl adjacent to an activating group) is 1. The molecule has 0 aromatic rings. The van der Waals surface area contributed by atoms with Crippen molar-refractivity contribution in [2.24, 2.45) is 0 Å². The van der Waals surface area contributed by atoms with Gasteiger partial charge in [0.05, 0.1) is 27.2 Å². The first-order valence-corrected chi connectivity index (χ1v) is 3.64. The van der Waals surface area contributed by atoms with E-state index in [9.17, 15) is 4.79 Å². The van der Waals surface area contributed by atoms with E-state index in [0.29, 0.717) is 13.1 Å². The summed E-state index contributed by atoms with van der Waals surface area (Å²) in [5, 5.41) is 17.3. The average molecular weight is 162 g/mol. The molecule has 0 aliphatic heterocycles. The quantitative estimate of drug-likeness (QED) is 0.519. The summed E-state index contributed by atoms with van der Waals surface area (Å²) in [5.74, 6) is -0.0342. The molecule has 0 aliphatic carbocycles. The van der Waals surface area contributed by atoms with Gasteiger partial charge in [0.2, 0.25) is 0 Å². The Kier molecular flexibility index (Phi) is 4.25. The second-order valence-corrected chi connectivity index (χ2v) is 2.81. The molecule has 0 unspecified atom stereocenters. The van der Waals surface area contributed by atoms with Crippen molar-refractivity contribution in [2.45, 2.75) is 6.92 Å². The van der Waals surface area contributed by atoms with Crippen molar-refractivity contribution >= 4 is 5.91 Å². The van der Waals surface area contributed by atoms with Crippen LogP contribution in [0.2, 0.25) is 0 Å². The molecule has 11 heavy (non-hydrogen) atoms. The molecule has 2 N–H and O–H groups in total. The zero-order valence-electron chi connectivity index (χ0n) is 7.08. The Balaban J connectivity index is 4.13. The van der Waals surface area contributed by atoms with Crippen LogP contribution in [0.4, 0.5) is 0 Å². The van der Waals surface area contributed by atoms with Gasteiger partial charge in [0.15, 0.2) is 0 Å². The van der Waals surface area contributed by atoms with Crippen molar-refractivity contribution in [3.8, 4) is 0 Å². The van der Waals surface area contributed by atoms with Crippen LogP contribution in [-0.2, 0) is 4.79 Å². The zero-order chi connectivity index (χ0) is 8.91. The molecule has 0 spiro atoms. The lowest BCUT2D eigenvalue weighted by Gasteiger charge is -2.28. The largest absolute Gasteiger partial charge is 0.390 e. The molecule has 0 radical (unpaired) electrons. The maximum atomic E-state index is 11.0. The smallest absolute Gasteiger partial charge is 0.310 e. The summed E-state index contributed by atoms with van der Waals surface area (Å²) in [6.45, 7) is 2.14. The summed E-state index contributed by atoms with van der Waals surface area (Å²) in [6.07, 6.45) is 0. The number of carbonyl (C=O) groups is 1. The van der Waals surface area contributed by atoms with Gasteiger partial charge in [-0.2, -0.15) is 0 Å². The first kappa shape index (κ1) is 10.6. The fraction of sp³-hybridized carbons (Fsp3) is 0.857. The maximum Gasteiger partial charge on any atom is 0.310 e. The number of quaternary nitrogens is 1. The second-order valence-electron chi connectivity index (χ2n) is 2.81. The Hall–Kier alpha value is -0.450. The molecule has 0 saturated heterocycles. The highest BCUT2D eigenvalue weighted by Crippen LogP contribution is 2.00. The summed E-state index contributed by atoms with van der Waals surface area (Å²) in [7, 11) is 1.70. The normalized spacial score (nSPS) is 11.6. The SMILES string of the molecule is CC(=O)[N+](C)(CCO)CCO. The van der Waals surface area contributed by atoms with E-state index < -0.39 is 0 Å². The monoisotopic (exact) mass is 162 g/mol. The van der Waals surface area contributed by atoms with Crippen LogP contribution in [0.25, 0.3) is 0 Å². The third-order valence-electron chi connectivity index (χ3n) is 1.95. The van der Waals surface area contributed by atoms with Crippen LogP contribution in [0.15, 0.2) is 0 Å². The molecule has 66 valence electrons. The minimum absolute atomic E-state index is 0.0317. The highest BCUT2D eigenvalue weighted by Gasteiger charge is 2.25. The Morgan fingerprint density at radius 3 is 1.82 bits per heavy atom. The van der Waals surface area contributed by atoms with Gasteiger partial charge in [-0.1, -0.05) is 0 Å². The summed E-state index contributed by atoms with van der Waals surface area (Å²) < 4.78 is 0.104. The summed E-state index contributed by atoms with van der Waals surface area (Å²) >= 11 is 0. The number of hydrogen-bond donors (Lipinski definition) is 2. The standard InChI is InChI=1S/C7H16NO3/c1-7(11)8(2,3-5-9)4-6-10/h9-10H,3-6H2,1-2H3/q+1. The predicted molar refractivity (Wildman–Crippen MR) is 40.8 cm³/mol. The van der Waals surface area contributed by atoms with Crippen LogP contribution < -0.4 is 0 Å². The van der Waals surface area contributed by atoms with Crippen molar-refractivity contribution in [2.75, 3.05) is 33.4 Å². The van der Waals surface area contributed by atoms with Gasteiger partial charge in [-0.15, -0.1) is 0 Å². The minimum atomic E-state index is -0.0342. The number of amides is 1. The van der Waals surface area contributed by atoms with Gasteiger partial charge in [-0.05, 0) is 0 Å². The zero-order valence-corrected chi connectivity index (χ0v) is 7.08. The third kappa shape index (κ3) is 2.96. The number of aliphatic hydroxyl groups excluding tert-OH is 2. The molecular weight excluding hydrogens is 146 g/mol. The maximum absolute atomic E-state index is 11.0. The van der Waals surface area contributed by atoms with Crippen LogP contribution in [0.5, 0.6) is 0 Å². The third-order valence-corrected chi connectivity index (χ3v) is 1.95. The molecule has 0 rings (SSSR count). The van der Waals surface area contributed by atoms with Crippen LogP contribution >= 0.6 is 0 Å². The van der Waals surface area contributed by atoms with E-state index in [4.69, 9.17) is 10.2 Å². The molecule has 0 fully saturated rings. The average Bonchev–Trinajstić information content (AvgIpc) is 1.88. The van der Waals surface area contributed by atoms with E-state index in [0.717, 1.165) is 0 Å². The molecular formula is C7H16NO3+. The molecule has 0 saturated carbocycles. The van der Waals surface area contributed by atoms with Crippen molar-refractivity contribution in [3.63, 3.8) is 0 Å². The fourth-order valence-electron chi connectivity index (χ4n) is 0.868. The molecule has 4 heteroatoms. The van der Waals surface area contributed by atoms with Crippen molar-refractivity contribution in [3.05, 3.63) is 0 Å². The molecule has 1 amide bonds. The van der Waals surface area contributed by atoms with Gasteiger partial charge < -0.3 is 10.2 Å². The number of hydrogen-bond acceptors (Lipinski definition) is 3. The van der Waals surface area contributed by atoms with Crippen LogP contribution in [0.1, 0.15) is 6.92 Å². The van der Waals surface area contributed by atoms with Crippen molar-refractivity contribution < 1.29 is 19.5 Å². The van der Waals surface area contributed by atoms with Crippen molar-refractivity contribution in [1.29, 1.82) is 0 Å². The lowest BCUT2D eigenvalue weighted by Crippen LogP contribution is -2.51. The summed E-state index contributed by atoms with van der Waals surface area (Å²) in [4.78, 5) is 11.0. The molecule has 0 aliphatic rings. The van der Waals surface area contributed by atoms with E-state index >= 15 is 0 Å². The minimum Gasteiger partial charge on any atom is -0.390 e. The first-order valence-electron chi connectivity index (χ1n) is 3.64. The van der Waals surface area contributed by atoms with Gasteiger partial charge in [-0.3, -0.25) is 4.48 Å². The Morgan fingerprint density at radius 1 is 1.27 bits per heavy atom. The van der Waals surface area contributed by atoms with E-state index in [-0.39, 0.29) is 23.6 Å². The van der Waals surface area contributed by atoms with E-state index in [1.54, 1.807) is 7.05 Å². The number of aliphatic hydroxyl groups is 2. The van der Waals surface area contributed by atoms with Gasteiger partial charge in [0.1, 0.15) is 13.1 Å². The number of nitrogens with zero attached hydrogens (tertiary/aromatic N) is 1. The lowest BCUT2D eigenvalue weighted by atomic mass is 10.4. The molecule has 4 nitrogen and oxygen atoms in total. The molecule has 0 atom stereocenters. The van der Waals surface area contributed by atoms with Crippen LogP contribution in [0.3, 0.4) is 0 Å². The summed E-state index contributed by atoms with van der Waals surface area (Å²) in [5.41, 5.74) is 0. The topological polar surface area (TPSA) is 57.5 Å². The number of rotatable bonds is 4. The molecule has 0 heterocycles. The number of carbonyl (C=O) groups excluding carboxylic acids is 1. The second kappa shape index (κ2) is 4.43. The highest BCUT2D eigenvalue weighted by molar-refractivity contribution is 5.65. The van der Waals surface area contributed by atoms with Crippen LogP contribution in [0, 0.1) is 0 Å². The predicted octanol–water partition coefficient (Wildman–Crippen LogP) is -1.04. The fourth-order valence-corrected chi connectivity index (χ4v) is 0.868. The molecule has 0 aromatic heterocycles. The van der Waals surface area contributed by atoms with Gasteiger partial charge in [0.25, 0.3) is 0 Å². The van der Waals surface area contributed by atoms with Crippen molar-refractivity contribution in [1.82, 2.24) is 0 Å². The first-order chi connectivity index (χ1) is 5.06. The lowest BCUT2D eigenvalue weighted by molar-refractivity contribution is -0.834. The summed E-state index contributed by atoms with van der Waals surface area (Å²) in [6, 6.07) is 0. The van der Waals surface area contributed by atoms with Crippen LogP contribution in [-0.4, -0.2) is 54.0 Å². The molecule has 0 bridgehead atoms. The van der Waals surface area contributed by atoms with E-state index in [1.807, 2.05) is 0 Å². The molecule has 0 aromatic carbocycles. The highest BCUT2D eigenvalue weighted by atomic mass is 16.3. The van der Waals surface area contributed by atoms with E-state index in [1.165, 1.54) is 6.92 Å². The Morgan fingerprint density at radius 2 is 1.64 bits per heavy atom. The van der Waals surface area contributed by atoms with Gasteiger partial charge in [0, 0.05) is 0 Å². The Bertz CT molecular complexity index is 130. The Labute approximate surface area is 66.6 Å². The van der Waals surface area contributed by atoms with E-state index in [2.05, 4.69) is 0 Å².